The summed E-state index contributed by atoms with van der Waals surface area (Å²) >= 11 is 5.84. The Morgan fingerprint density at radius 3 is 2.50 bits per heavy atom. The van der Waals surface area contributed by atoms with Gasteiger partial charge >= 0.3 is 0 Å². The predicted octanol–water partition coefficient (Wildman–Crippen LogP) is 2.59. The molecule has 1 aromatic carbocycles. The van der Waals surface area contributed by atoms with Crippen molar-refractivity contribution in [3.05, 3.63) is 35.2 Å². The molecule has 0 aliphatic rings. The molecule has 0 aliphatic carbocycles. The van der Waals surface area contributed by atoms with Crippen LogP contribution >= 0.6 is 11.6 Å². The molecular weight excluding hydrogens is 278 g/mol. The molecular formula is C14H18ClN3O2. The summed E-state index contributed by atoms with van der Waals surface area (Å²) < 4.78 is 5.61. The molecule has 20 heavy (non-hydrogen) atoms. The van der Waals surface area contributed by atoms with E-state index < -0.39 is 5.60 Å². The predicted molar refractivity (Wildman–Crippen MR) is 77.4 cm³/mol. The second-order valence-electron chi connectivity index (χ2n) is 5.49. The van der Waals surface area contributed by atoms with Gasteiger partial charge in [0.15, 0.2) is 0 Å². The second-order valence-corrected chi connectivity index (χ2v) is 5.93. The van der Waals surface area contributed by atoms with E-state index in [1.54, 1.807) is 26.0 Å². The minimum Gasteiger partial charge on any atom is -0.419 e. The molecule has 1 heterocycles. The molecule has 0 saturated carbocycles. The molecule has 108 valence electrons. The van der Waals surface area contributed by atoms with Gasteiger partial charge in [-0.15, -0.1) is 10.2 Å². The van der Waals surface area contributed by atoms with Crippen molar-refractivity contribution in [2.75, 3.05) is 13.6 Å². The van der Waals surface area contributed by atoms with E-state index in [0.717, 1.165) is 5.56 Å². The van der Waals surface area contributed by atoms with E-state index in [0.29, 0.717) is 29.9 Å². The Balaban J connectivity index is 2.04. The van der Waals surface area contributed by atoms with Crippen molar-refractivity contribution in [1.29, 1.82) is 0 Å². The summed E-state index contributed by atoms with van der Waals surface area (Å²) in [6.07, 6.45) is 0. The maximum Gasteiger partial charge on any atom is 0.247 e. The van der Waals surface area contributed by atoms with Gasteiger partial charge in [-0.3, -0.25) is 4.90 Å². The van der Waals surface area contributed by atoms with Crippen LogP contribution in [-0.2, 0) is 6.54 Å². The zero-order valence-electron chi connectivity index (χ0n) is 11.8. The summed E-state index contributed by atoms with van der Waals surface area (Å²) in [5.74, 6) is 0.982. The monoisotopic (exact) mass is 295 g/mol. The minimum absolute atomic E-state index is 0.466. The Bertz CT molecular complexity index is 561. The fraction of sp³-hybridized carbons (Fsp3) is 0.429. The van der Waals surface area contributed by atoms with Crippen LogP contribution in [0, 0.1) is 0 Å². The number of hydrogen-bond donors (Lipinski definition) is 1. The second kappa shape index (κ2) is 5.91. The molecule has 0 bridgehead atoms. The largest absolute Gasteiger partial charge is 0.419 e. The van der Waals surface area contributed by atoms with Gasteiger partial charge in [-0.1, -0.05) is 11.6 Å². The third-order valence-corrected chi connectivity index (χ3v) is 2.87. The van der Waals surface area contributed by atoms with Gasteiger partial charge in [-0.2, -0.15) is 0 Å². The fourth-order valence-electron chi connectivity index (χ4n) is 1.97. The maximum atomic E-state index is 9.75. The van der Waals surface area contributed by atoms with Crippen molar-refractivity contribution in [3.63, 3.8) is 0 Å². The van der Waals surface area contributed by atoms with E-state index in [1.165, 1.54) is 0 Å². The molecule has 2 aromatic rings. The van der Waals surface area contributed by atoms with Crippen LogP contribution in [-0.4, -0.2) is 39.4 Å². The van der Waals surface area contributed by atoms with Crippen LogP contribution in [0.5, 0.6) is 0 Å². The third kappa shape index (κ3) is 4.30. The van der Waals surface area contributed by atoms with Crippen molar-refractivity contribution >= 4 is 11.6 Å². The van der Waals surface area contributed by atoms with E-state index in [1.807, 2.05) is 24.1 Å². The number of aliphatic hydroxyl groups is 1. The Morgan fingerprint density at radius 1 is 1.25 bits per heavy atom. The molecule has 0 atom stereocenters. The average Bonchev–Trinajstić information content (AvgIpc) is 2.75. The molecule has 0 amide bonds. The molecule has 1 N–H and O–H groups in total. The van der Waals surface area contributed by atoms with Gasteiger partial charge in [0, 0.05) is 17.1 Å². The number of hydrogen-bond acceptors (Lipinski definition) is 5. The van der Waals surface area contributed by atoms with E-state index in [4.69, 9.17) is 16.0 Å². The van der Waals surface area contributed by atoms with Crippen LogP contribution in [0.3, 0.4) is 0 Å². The van der Waals surface area contributed by atoms with Crippen LogP contribution in [0.2, 0.25) is 5.02 Å². The van der Waals surface area contributed by atoms with Crippen LogP contribution in [0.15, 0.2) is 28.7 Å². The Kier molecular flexibility index (Phi) is 4.42. The fourth-order valence-corrected chi connectivity index (χ4v) is 2.10. The first-order valence-electron chi connectivity index (χ1n) is 6.33. The number of halogens is 1. The zero-order valence-corrected chi connectivity index (χ0v) is 12.6. The Morgan fingerprint density at radius 2 is 1.90 bits per heavy atom. The lowest BCUT2D eigenvalue weighted by atomic mass is 10.1. The molecule has 1 aromatic heterocycles. The lowest BCUT2D eigenvalue weighted by Crippen LogP contribution is -2.35. The number of likely N-dealkylation sites (N-methyl/N-ethyl adjacent to an activating group) is 1. The van der Waals surface area contributed by atoms with Crippen molar-refractivity contribution < 1.29 is 9.52 Å². The minimum atomic E-state index is -0.756. The van der Waals surface area contributed by atoms with E-state index in [2.05, 4.69) is 10.2 Å². The summed E-state index contributed by atoms with van der Waals surface area (Å²) in [7, 11) is 1.89. The first kappa shape index (κ1) is 15.0. The molecule has 0 aliphatic heterocycles. The number of aromatic nitrogens is 2. The van der Waals surface area contributed by atoms with Crippen LogP contribution in [0.25, 0.3) is 11.5 Å². The lowest BCUT2D eigenvalue weighted by molar-refractivity contribution is 0.0403. The molecule has 0 saturated heterocycles. The van der Waals surface area contributed by atoms with Gasteiger partial charge in [-0.05, 0) is 45.2 Å². The first-order valence-corrected chi connectivity index (χ1v) is 6.70. The molecule has 0 unspecified atom stereocenters. The van der Waals surface area contributed by atoms with Crippen LogP contribution in [0.1, 0.15) is 19.7 Å². The van der Waals surface area contributed by atoms with E-state index in [-0.39, 0.29) is 0 Å². The van der Waals surface area contributed by atoms with Crippen LogP contribution < -0.4 is 0 Å². The number of benzene rings is 1. The zero-order chi connectivity index (χ0) is 14.8. The highest BCUT2D eigenvalue weighted by Crippen LogP contribution is 2.20. The molecule has 0 spiro atoms. The highest BCUT2D eigenvalue weighted by Gasteiger charge is 2.17. The summed E-state index contributed by atoms with van der Waals surface area (Å²) in [5, 5.41) is 18.4. The standard InChI is InChI=1S/C14H18ClN3O2/c1-14(2,19)9-18(3)8-12-16-17-13(20-12)10-4-6-11(15)7-5-10/h4-7,19H,8-9H2,1-3H3. The van der Waals surface area contributed by atoms with Crippen molar-refractivity contribution in [1.82, 2.24) is 15.1 Å². The lowest BCUT2D eigenvalue weighted by Gasteiger charge is -2.23. The van der Waals surface area contributed by atoms with Gasteiger partial charge in [0.05, 0.1) is 12.1 Å². The van der Waals surface area contributed by atoms with Gasteiger partial charge in [-0.25, -0.2) is 0 Å². The summed E-state index contributed by atoms with van der Waals surface area (Å²) in [4.78, 5) is 1.93. The van der Waals surface area contributed by atoms with E-state index >= 15 is 0 Å². The highest BCUT2D eigenvalue weighted by atomic mass is 35.5. The maximum absolute atomic E-state index is 9.75. The quantitative estimate of drug-likeness (QED) is 0.918. The normalized spacial score (nSPS) is 12.1. The van der Waals surface area contributed by atoms with Crippen molar-refractivity contribution in [2.45, 2.75) is 26.0 Å². The van der Waals surface area contributed by atoms with Gasteiger partial charge < -0.3 is 9.52 Å². The van der Waals surface area contributed by atoms with Crippen LogP contribution in [0.4, 0.5) is 0 Å². The Hall–Kier alpha value is -1.43. The van der Waals surface area contributed by atoms with Crippen molar-refractivity contribution in [2.24, 2.45) is 0 Å². The summed E-state index contributed by atoms with van der Waals surface area (Å²) in [6.45, 7) is 4.53. The molecule has 6 heteroatoms. The third-order valence-electron chi connectivity index (χ3n) is 2.62. The molecule has 2 rings (SSSR count). The highest BCUT2D eigenvalue weighted by molar-refractivity contribution is 6.30. The van der Waals surface area contributed by atoms with Crippen molar-refractivity contribution in [3.8, 4) is 11.5 Å². The average molecular weight is 296 g/mol. The molecule has 0 fully saturated rings. The van der Waals surface area contributed by atoms with Gasteiger partial charge in [0.1, 0.15) is 0 Å². The first-order chi connectivity index (χ1) is 9.33. The smallest absolute Gasteiger partial charge is 0.247 e. The number of rotatable bonds is 5. The SMILES string of the molecule is CN(Cc1nnc(-c2ccc(Cl)cc2)o1)CC(C)(C)O. The summed E-state index contributed by atoms with van der Waals surface area (Å²) in [5.41, 5.74) is 0.0756. The van der Waals surface area contributed by atoms with E-state index in [9.17, 15) is 5.11 Å². The Labute approximate surface area is 123 Å². The molecule has 5 nitrogen and oxygen atoms in total. The summed E-state index contributed by atoms with van der Waals surface area (Å²) in [6, 6.07) is 7.22. The number of nitrogens with zero attached hydrogens (tertiary/aromatic N) is 3. The van der Waals surface area contributed by atoms with Gasteiger partial charge in [0.2, 0.25) is 11.8 Å². The molecule has 0 radical (unpaired) electrons. The van der Waals surface area contributed by atoms with Gasteiger partial charge in [0.25, 0.3) is 0 Å². The topological polar surface area (TPSA) is 62.4 Å².